The van der Waals surface area contributed by atoms with Crippen molar-refractivity contribution in [2.45, 2.75) is 13.0 Å². The Morgan fingerprint density at radius 2 is 1.96 bits per heavy atom. The van der Waals surface area contributed by atoms with Gasteiger partial charge in [0.1, 0.15) is 5.65 Å². The smallest absolute Gasteiger partial charge is 0.162 e. The van der Waals surface area contributed by atoms with Gasteiger partial charge in [0, 0.05) is 47.0 Å². The average Bonchev–Trinajstić information content (AvgIpc) is 3.22. The number of hydrogen-bond acceptors (Lipinski definition) is 3. The Kier molecular flexibility index (Phi) is 3.84. The van der Waals surface area contributed by atoms with Crippen molar-refractivity contribution >= 4 is 21.9 Å². The number of methoxy groups -OCH3 is 2. The van der Waals surface area contributed by atoms with Gasteiger partial charge in [-0.1, -0.05) is 6.92 Å². The van der Waals surface area contributed by atoms with Crippen LogP contribution in [0.25, 0.3) is 33.2 Å². The van der Waals surface area contributed by atoms with Crippen LogP contribution in [0.2, 0.25) is 0 Å². The summed E-state index contributed by atoms with van der Waals surface area (Å²) in [7, 11) is 3.31. The molecule has 5 nitrogen and oxygen atoms in total. The van der Waals surface area contributed by atoms with Crippen molar-refractivity contribution in [1.82, 2.24) is 14.5 Å². The Balaban J connectivity index is 1.98. The van der Waals surface area contributed by atoms with Gasteiger partial charge in [0.25, 0.3) is 0 Å². The normalized spacial score (nSPS) is 11.3. The van der Waals surface area contributed by atoms with E-state index < -0.39 is 0 Å². The topological polar surface area (TPSA) is 52.1 Å². The van der Waals surface area contributed by atoms with Crippen LogP contribution in [0.15, 0.2) is 42.7 Å². The van der Waals surface area contributed by atoms with E-state index in [-0.39, 0.29) is 0 Å². The van der Waals surface area contributed by atoms with Crippen molar-refractivity contribution in [2.24, 2.45) is 0 Å². The third-order valence-corrected chi connectivity index (χ3v) is 4.47. The molecule has 0 atom stereocenters. The SMILES string of the molecule is [CH2]CCn1cc(-c2cc3cccnc3[nH]2)c2cc(OC)c(OC)cc21. The first-order chi connectivity index (χ1) is 12.2. The summed E-state index contributed by atoms with van der Waals surface area (Å²) < 4.78 is 13.2. The Morgan fingerprint density at radius 3 is 2.68 bits per heavy atom. The number of benzene rings is 1. The predicted octanol–water partition coefficient (Wildman–Crippen LogP) is 4.43. The van der Waals surface area contributed by atoms with Gasteiger partial charge >= 0.3 is 0 Å². The summed E-state index contributed by atoms with van der Waals surface area (Å²) in [5.41, 5.74) is 4.13. The molecule has 0 aliphatic rings. The first kappa shape index (κ1) is 15.6. The summed E-state index contributed by atoms with van der Waals surface area (Å²) in [4.78, 5) is 7.81. The Hall–Kier alpha value is -2.95. The molecule has 3 aromatic heterocycles. The number of aryl methyl sites for hydroxylation is 1. The number of nitrogens with zero attached hydrogens (tertiary/aromatic N) is 2. The highest BCUT2D eigenvalue weighted by molar-refractivity contribution is 5.99. The minimum Gasteiger partial charge on any atom is -0.493 e. The molecule has 0 spiro atoms. The second kappa shape index (κ2) is 6.16. The molecule has 0 aliphatic carbocycles. The zero-order valence-corrected chi connectivity index (χ0v) is 14.4. The predicted molar refractivity (Wildman–Crippen MR) is 100 cm³/mol. The summed E-state index contributed by atoms with van der Waals surface area (Å²) >= 11 is 0. The molecule has 0 unspecified atom stereocenters. The zero-order valence-electron chi connectivity index (χ0n) is 14.4. The van der Waals surface area contributed by atoms with Crippen molar-refractivity contribution in [2.75, 3.05) is 14.2 Å². The fourth-order valence-electron chi connectivity index (χ4n) is 3.29. The number of aromatic nitrogens is 3. The van der Waals surface area contributed by atoms with E-state index in [4.69, 9.17) is 9.47 Å². The average molecular weight is 334 g/mol. The summed E-state index contributed by atoms with van der Waals surface area (Å²) in [6, 6.07) is 10.2. The van der Waals surface area contributed by atoms with Crippen molar-refractivity contribution in [1.29, 1.82) is 0 Å². The first-order valence-corrected chi connectivity index (χ1v) is 8.23. The van der Waals surface area contributed by atoms with Crippen LogP contribution in [-0.4, -0.2) is 28.8 Å². The van der Waals surface area contributed by atoms with Crippen molar-refractivity contribution in [3.63, 3.8) is 0 Å². The molecule has 0 fully saturated rings. The number of ether oxygens (including phenoxy) is 2. The first-order valence-electron chi connectivity index (χ1n) is 8.23. The number of aromatic amines is 1. The maximum absolute atomic E-state index is 5.49. The second-order valence-electron chi connectivity index (χ2n) is 5.94. The van der Waals surface area contributed by atoms with Crippen LogP contribution in [0.4, 0.5) is 0 Å². The van der Waals surface area contributed by atoms with E-state index in [2.05, 4.69) is 39.8 Å². The number of hydrogen-bond donors (Lipinski definition) is 1. The van der Waals surface area contributed by atoms with E-state index in [1.165, 1.54) is 0 Å². The lowest BCUT2D eigenvalue weighted by atomic mass is 10.1. The fourth-order valence-corrected chi connectivity index (χ4v) is 3.29. The van der Waals surface area contributed by atoms with E-state index in [0.29, 0.717) is 0 Å². The minimum absolute atomic E-state index is 0.720. The number of H-pyrrole nitrogens is 1. The van der Waals surface area contributed by atoms with E-state index in [9.17, 15) is 0 Å². The molecule has 0 amide bonds. The maximum Gasteiger partial charge on any atom is 0.162 e. The summed E-state index contributed by atoms with van der Waals surface area (Å²) in [5.74, 6) is 1.45. The lowest BCUT2D eigenvalue weighted by molar-refractivity contribution is 0.355. The van der Waals surface area contributed by atoms with Gasteiger partial charge in [-0.25, -0.2) is 4.98 Å². The number of fused-ring (bicyclic) bond motifs is 2. The van der Waals surface area contributed by atoms with Crippen LogP contribution in [0.3, 0.4) is 0 Å². The maximum atomic E-state index is 5.49. The third-order valence-electron chi connectivity index (χ3n) is 4.47. The molecule has 1 radical (unpaired) electrons. The molecule has 1 aromatic carbocycles. The quantitative estimate of drug-likeness (QED) is 0.587. The van der Waals surface area contributed by atoms with E-state index in [1.807, 2.05) is 18.2 Å². The van der Waals surface area contributed by atoms with Gasteiger partial charge in [-0.2, -0.15) is 0 Å². The molecule has 0 bridgehead atoms. The van der Waals surface area contributed by atoms with E-state index in [1.54, 1.807) is 20.4 Å². The number of rotatable bonds is 5. The van der Waals surface area contributed by atoms with Crippen LogP contribution in [0, 0.1) is 6.92 Å². The van der Waals surface area contributed by atoms with Gasteiger partial charge in [-0.3, -0.25) is 0 Å². The van der Waals surface area contributed by atoms with Gasteiger partial charge in [0.05, 0.1) is 19.7 Å². The van der Waals surface area contributed by atoms with Crippen LogP contribution in [0.5, 0.6) is 11.5 Å². The Morgan fingerprint density at radius 1 is 1.16 bits per heavy atom. The molecule has 127 valence electrons. The minimum atomic E-state index is 0.720. The zero-order chi connectivity index (χ0) is 17.4. The lowest BCUT2D eigenvalue weighted by Crippen LogP contribution is -1.95. The highest BCUT2D eigenvalue weighted by Crippen LogP contribution is 2.38. The summed E-state index contributed by atoms with van der Waals surface area (Å²) in [6.45, 7) is 4.82. The lowest BCUT2D eigenvalue weighted by Gasteiger charge is -2.09. The monoisotopic (exact) mass is 334 g/mol. The molecule has 1 N–H and O–H groups in total. The molecule has 25 heavy (non-hydrogen) atoms. The van der Waals surface area contributed by atoms with Crippen molar-refractivity contribution < 1.29 is 9.47 Å². The fraction of sp³-hybridized carbons (Fsp3) is 0.200. The summed E-state index contributed by atoms with van der Waals surface area (Å²) in [6.07, 6.45) is 4.76. The third kappa shape index (κ3) is 2.52. The molecule has 0 saturated heterocycles. The number of nitrogens with one attached hydrogen (secondary N) is 1. The highest BCUT2D eigenvalue weighted by Gasteiger charge is 2.16. The van der Waals surface area contributed by atoms with Gasteiger partial charge in [-0.05, 0) is 30.7 Å². The highest BCUT2D eigenvalue weighted by atomic mass is 16.5. The van der Waals surface area contributed by atoms with Crippen LogP contribution >= 0.6 is 0 Å². The van der Waals surface area contributed by atoms with Crippen molar-refractivity contribution in [3.8, 4) is 22.8 Å². The van der Waals surface area contributed by atoms with Crippen LogP contribution in [0.1, 0.15) is 6.42 Å². The molecule has 4 aromatic rings. The molecule has 5 heteroatoms. The van der Waals surface area contributed by atoms with Gasteiger partial charge in [0.2, 0.25) is 0 Å². The van der Waals surface area contributed by atoms with Gasteiger partial charge < -0.3 is 19.0 Å². The standard InChI is InChI=1S/C20H20N3O2/c1-4-8-23-12-15(16-9-13-6-5-7-21-20(13)22-16)14-10-18(24-2)19(25-3)11-17(14)23/h5-7,9-12H,1,4,8H2,2-3H3,(H,21,22). The molecule has 0 saturated carbocycles. The molecular formula is C20H20N3O2. The summed E-state index contributed by atoms with van der Waals surface area (Å²) in [5, 5.41) is 2.20. The van der Waals surface area contributed by atoms with E-state index in [0.717, 1.165) is 57.7 Å². The number of pyridine rings is 1. The van der Waals surface area contributed by atoms with Crippen LogP contribution < -0.4 is 9.47 Å². The Labute approximate surface area is 146 Å². The Bertz CT molecular complexity index is 1010. The molecule has 4 rings (SSSR count). The van der Waals surface area contributed by atoms with Crippen molar-refractivity contribution in [3.05, 3.63) is 49.6 Å². The van der Waals surface area contributed by atoms with Crippen LogP contribution in [-0.2, 0) is 6.54 Å². The van der Waals surface area contributed by atoms with E-state index >= 15 is 0 Å². The van der Waals surface area contributed by atoms with Gasteiger partial charge in [0.15, 0.2) is 11.5 Å². The molecule has 3 heterocycles. The second-order valence-corrected chi connectivity index (χ2v) is 5.94. The molecular weight excluding hydrogens is 314 g/mol. The largest absolute Gasteiger partial charge is 0.493 e. The van der Waals surface area contributed by atoms with Gasteiger partial charge in [-0.15, -0.1) is 0 Å². The molecule has 0 aliphatic heterocycles.